The zero-order valence-corrected chi connectivity index (χ0v) is 17.2. The summed E-state index contributed by atoms with van der Waals surface area (Å²) in [4.78, 5) is 40.3. The lowest BCUT2D eigenvalue weighted by Crippen LogP contribution is -2.47. The fourth-order valence-corrected chi connectivity index (χ4v) is 4.08. The van der Waals surface area contributed by atoms with Gasteiger partial charge in [0.15, 0.2) is 0 Å². The molecule has 0 radical (unpaired) electrons. The lowest BCUT2D eigenvalue weighted by atomic mass is 10.1. The maximum Gasteiger partial charge on any atom is 0.303 e. The fraction of sp³-hybridized carbons (Fsp3) is 0.348. The van der Waals surface area contributed by atoms with Crippen LogP contribution in [0, 0.1) is 0 Å². The van der Waals surface area contributed by atoms with Crippen molar-refractivity contribution in [2.75, 3.05) is 18.6 Å². The predicted molar refractivity (Wildman–Crippen MR) is 112 cm³/mol. The smallest absolute Gasteiger partial charge is 0.303 e. The van der Waals surface area contributed by atoms with Gasteiger partial charge in [-0.05, 0) is 29.8 Å². The van der Waals surface area contributed by atoms with Gasteiger partial charge in [0.05, 0.1) is 32.3 Å². The second-order valence-electron chi connectivity index (χ2n) is 7.67. The largest absolute Gasteiger partial charge is 0.497 e. The summed E-state index contributed by atoms with van der Waals surface area (Å²) in [7, 11) is 1.59. The number of carboxylic acids is 1. The van der Waals surface area contributed by atoms with Crippen molar-refractivity contribution in [2.45, 2.75) is 38.0 Å². The van der Waals surface area contributed by atoms with Crippen LogP contribution in [0.3, 0.4) is 0 Å². The van der Waals surface area contributed by atoms with Crippen molar-refractivity contribution in [3.63, 3.8) is 0 Å². The number of ether oxygens (including phenoxy) is 2. The molecular weight excluding hydrogens is 400 g/mol. The van der Waals surface area contributed by atoms with E-state index in [-0.39, 0.29) is 37.3 Å². The van der Waals surface area contributed by atoms with Crippen LogP contribution in [0.5, 0.6) is 11.5 Å². The van der Waals surface area contributed by atoms with Crippen LogP contribution in [0.15, 0.2) is 48.5 Å². The quantitative estimate of drug-likeness (QED) is 0.765. The van der Waals surface area contributed by atoms with Crippen molar-refractivity contribution < 1.29 is 29.0 Å². The van der Waals surface area contributed by atoms with E-state index in [0.29, 0.717) is 24.4 Å². The lowest BCUT2D eigenvalue weighted by molar-refractivity contribution is -0.142. The first-order valence-corrected chi connectivity index (χ1v) is 10.2. The van der Waals surface area contributed by atoms with Gasteiger partial charge < -0.3 is 24.4 Å². The third kappa shape index (κ3) is 4.33. The van der Waals surface area contributed by atoms with Crippen LogP contribution >= 0.6 is 0 Å². The molecule has 2 atom stereocenters. The highest BCUT2D eigenvalue weighted by Gasteiger charge is 2.44. The molecule has 0 unspecified atom stereocenters. The first-order valence-electron chi connectivity index (χ1n) is 10.2. The molecule has 2 bridgehead atoms. The molecule has 8 heteroatoms. The summed E-state index contributed by atoms with van der Waals surface area (Å²) < 4.78 is 11.4. The number of benzene rings is 2. The van der Waals surface area contributed by atoms with Gasteiger partial charge >= 0.3 is 5.97 Å². The Morgan fingerprint density at radius 3 is 2.58 bits per heavy atom. The minimum absolute atomic E-state index is 0.142. The SMILES string of the molecule is COc1ccc(CN2C(=O)[C@@H]3C[C@@H](CN3C(=O)CCC(=O)O)Oc3ccccc32)cc1. The second-order valence-corrected chi connectivity index (χ2v) is 7.67. The number of hydrogen-bond acceptors (Lipinski definition) is 5. The van der Waals surface area contributed by atoms with Gasteiger partial charge in [0.25, 0.3) is 0 Å². The first kappa shape index (κ1) is 20.7. The zero-order valence-electron chi connectivity index (χ0n) is 17.2. The van der Waals surface area contributed by atoms with E-state index in [1.807, 2.05) is 48.5 Å². The summed E-state index contributed by atoms with van der Waals surface area (Å²) in [6.07, 6.45) is -0.341. The molecular formula is C23H24N2O6. The first-order chi connectivity index (χ1) is 15.0. The van der Waals surface area contributed by atoms with E-state index in [2.05, 4.69) is 0 Å². The van der Waals surface area contributed by atoms with Gasteiger partial charge in [-0.2, -0.15) is 0 Å². The number of carbonyl (C=O) groups is 3. The molecule has 162 valence electrons. The van der Waals surface area contributed by atoms with Gasteiger partial charge in [0.1, 0.15) is 23.6 Å². The molecule has 8 nitrogen and oxygen atoms in total. The van der Waals surface area contributed by atoms with E-state index in [4.69, 9.17) is 14.6 Å². The Morgan fingerprint density at radius 2 is 1.87 bits per heavy atom. The van der Waals surface area contributed by atoms with Crippen LogP contribution in [0.2, 0.25) is 0 Å². The maximum atomic E-state index is 13.6. The Kier molecular flexibility index (Phi) is 5.79. The standard InChI is InChI=1S/C23H24N2O6/c1-30-16-8-6-15(7-9-16)13-25-18-4-2-3-5-20(18)31-17-12-19(23(25)29)24(14-17)21(26)10-11-22(27)28/h2-9,17,19H,10-14H2,1H3,(H,27,28)/t17-,19-/m0/s1. The molecule has 0 spiro atoms. The number of methoxy groups -OCH3 is 1. The maximum absolute atomic E-state index is 13.6. The molecule has 1 fully saturated rings. The molecule has 31 heavy (non-hydrogen) atoms. The summed E-state index contributed by atoms with van der Waals surface area (Å²) >= 11 is 0. The summed E-state index contributed by atoms with van der Waals surface area (Å²) in [5.74, 6) is -0.269. The van der Waals surface area contributed by atoms with Crippen molar-refractivity contribution in [2.24, 2.45) is 0 Å². The van der Waals surface area contributed by atoms with Gasteiger partial charge in [-0.15, -0.1) is 0 Å². The predicted octanol–water partition coefficient (Wildman–Crippen LogP) is 2.46. The van der Waals surface area contributed by atoms with E-state index >= 15 is 0 Å². The van der Waals surface area contributed by atoms with Gasteiger partial charge in [-0.25, -0.2) is 0 Å². The molecule has 2 heterocycles. The second kappa shape index (κ2) is 8.67. The monoisotopic (exact) mass is 424 g/mol. The number of amides is 2. The molecule has 1 N–H and O–H groups in total. The van der Waals surface area contributed by atoms with Crippen LogP contribution in [-0.2, 0) is 20.9 Å². The molecule has 2 aromatic rings. The van der Waals surface area contributed by atoms with Crippen molar-refractivity contribution in [1.82, 2.24) is 4.90 Å². The highest BCUT2D eigenvalue weighted by Crippen LogP contribution is 2.37. The molecule has 0 aromatic heterocycles. The highest BCUT2D eigenvalue weighted by atomic mass is 16.5. The Hall–Kier alpha value is -3.55. The van der Waals surface area contributed by atoms with Crippen LogP contribution in [0.25, 0.3) is 0 Å². The average molecular weight is 424 g/mol. The number of carbonyl (C=O) groups excluding carboxylic acids is 2. The number of para-hydroxylation sites is 2. The summed E-state index contributed by atoms with van der Waals surface area (Å²) in [6.45, 7) is 0.571. The molecule has 4 rings (SSSR count). The number of rotatable bonds is 6. The van der Waals surface area contributed by atoms with Crippen LogP contribution < -0.4 is 14.4 Å². The highest BCUT2D eigenvalue weighted by molar-refractivity contribution is 6.01. The molecule has 1 saturated heterocycles. The topological polar surface area (TPSA) is 96.4 Å². The van der Waals surface area contributed by atoms with E-state index < -0.39 is 12.0 Å². The normalized spacial score (nSPS) is 19.8. The lowest BCUT2D eigenvalue weighted by Gasteiger charge is -2.32. The van der Waals surface area contributed by atoms with Crippen molar-refractivity contribution >= 4 is 23.5 Å². The molecule has 0 aliphatic carbocycles. The van der Waals surface area contributed by atoms with Crippen LogP contribution in [-0.4, -0.2) is 53.6 Å². The number of hydrogen-bond donors (Lipinski definition) is 1. The van der Waals surface area contributed by atoms with E-state index in [1.54, 1.807) is 12.0 Å². The molecule has 2 aliphatic heterocycles. The summed E-state index contributed by atoms with van der Waals surface area (Å²) in [6, 6.07) is 14.1. The Bertz CT molecular complexity index is 990. The van der Waals surface area contributed by atoms with E-state index in [1.165, 1.54) is 4.90 Å². The Labute approximate surface area is 180 Å². The van der Waals surface area contributed by atoms with Gasteiger partial charge in [0, 0.05) is 12.8 Å². The summed E-state index contributed by atoms with van der Waals surface area (Å²) in [5.41, 5.74) is 1.56. The number of anilines is 1. The fourth-order valence-electron chi connectivity index (χ4n) is 4.08. The van der Waals surface area contributed by atoms with Gasteiger partial charge in [0.2, 0.25) is 11.8 Å². The zero-order chi connectivity index (χ0) is 22.0. The van der Waals surface area contributed by atoms with Crippen molar-refractivity contribution in [1.29, 1.82) is 0 Å². The van der Waals surface area contributed by atoms with Crippen molar-refractivity contribution in [3.8, 4) is 11.5 Å². The van der Waals surface area contributed by atoms with Crippen molar-refractivity contribution in [3.05, 3.63) is 54.1 Å². The molecule has 2 aromatic carbocycles. The van der Waals surface area contributed by atoms with Crippen LogP contribution in [0.4, 0.5) is 5.69 Å². The third-order valence-electron chi connectivity index (χ3n) is 5.64. The minimum Gasteiger partial charge on any atom is -0.497 e. The number of nitrogens with zero attached hydrogens (tertiary/aromatic N) is 2. The number of fused-ring (bicyclic) bond motifs is 3. The van der Waals surface area contributed by atoms with Crippen LogP contribution in [0.1, 0.15) is 24.8 Å². The van der Waals surface area contributed by atoms with Gasteiger partial charge in [-0.1, -0.05) is 24.3 Å². The van der Waals surface area contributed by atoms with E-state index in [9.17, 15) is 14.4 Å². The number of likely N-dealkylation sites (tertiary alicyclic amines) is 1. The molecule has 0 saturated carbocycles. The number of carboxylic acid groups (broad SMARTS) is 1. The molecule has 2 amide bonds. The van der Waals surface area contributed by atoms with E-state index in [0.717, 1.165) is 11.3 Å². The number of aliphatic carboxylic acids is 1. The average Bonchev–Trinajstić information content (AvgIpc) is 3.20. The Balaban J connectivity index is 1.65. The minimum atomic E-state index is -1.04. The molecule has 2 aliphatic rings. The Morgan fingerprint density at radius 1 is 1.13 bits per heavy atom. The van der Waals surface area contributed by atoms with Gasteiger partial charge in [-0.3, -0.25) is 14.4 Å². The summed E-state index contributed by atoms with van der Waals surface area (Å²) in [5, 5.41) is 8.92. The third-order valence-corrected chi connectivity index (χ3v) is 5.64.